The van der Waals surface area contributed by atoms with Crippen LogP contribution in [0.2, 0.25) is 0 Å². The van der Waals surface area contributed by atoms with Gasteiger partial charge in [0.15, 0.2) is 16.7 Å². The molecule has 1 saturated heterocycles. The number of carbonyl (C=O) groups excluding carboxylic acids is 2. The van der Waals surface area contributed by atoms with Crippen molar-refractivity contribution in [2.75, 3.05) is 32.4 Å². The van der Waals surface area contributed by atoms with Gasteiger partial charge in [0.2, 0.25) is 7.37 Å². The minimum atomic E-state index is -3.68. The number of unbranched alkanes of at least 4 members (excludes halogenated alkanes) is 1. The molecule has 2 unspecified atom stereocenters. The molecule has 11 nitrogen and oxygen atoms in total. The molecular weight excluding hydrogens is 558 g/mol. The van der Waals surface area contributed by atoms with Gasteiger partial charge in [-0.15, -0.1) is 0 Å². The molecule has 0 aliphatic carbocycles. The van der Waals surface area contributed by atoms with Gasteiger partial charge in [-0.3, -0.25) is 14.3 Å². The van der Waals surface area contributed by atoms with E-state index in [1.165, 1.54) is 12.1 Å². The molecule has 1 aliphatic heterocycles. The summed E-state index contributed by atoms with van der Waals surface area (Å²) < 4.78 is 44.3. The summed E-state index contributed by atoms with van der Waals surface area (Å²) in [4.78, 5) is 41.0. The van der Waals surface area contributed by atoms with Gasteiger partial charge in [-0.2, -0.15) is 0 Å². The van der Waals surface area contributed by atoms with E-state index in [1.54, 1.807) is 59.4 Å². The van der Waals surface area contributed by atoms with Gasteiger partial charge < -0.3 is 24.2 Å². The summed E-state index contributed by atoms with van der Waals surface area (Å²) >= 11 is 0. The summed E-state index contributed by atoms with van der Waals surface area (Å²) in [6.45, 7) is 12.0. The van der Waals surface area contributed by atoms with Crippen LogP contribution in [0.3, 0.4) is 0 Å². The minimum Gasteiger partial charge on any atom is -0.505 e. The van der Waals surface area contributed by atoms with Crippen molar-refractivity contribution in [3.05, 3.63) is 29.6 Å². The van der Waals surface area contributed by atoms with E-state index in [-0.39, 0.29) is 58.2 Å². The number of carboxylic acid groups (broad SMARTS) is 1. The van der Waals surface area contributed by atoms with E-state index >= 15 is 0 Å². The van der Waals surface area contributed by atoms with Crippen LogP contribution >= 0.6 is 7.37 Å². The smallest absolute Gasteiger partial charge is 0.419 e. The lowest BCUT2D eigenvalue weighted by atomic mass is 9.99. The van der Waals surface area contributed by atoms with Crippen molar-refractivity contribution in [1.29, 1.82) is 0 Å². The quantitative estimate of drug-likeness (QED) is 0.248. The third kappa shape index (κ3) is 9.41. The molecule has 13 heteroatoms. The number of phenols is 1. The molecule has 1 aromatic rings. The summed E-state index contributed by atoms with van der Waals surface area (Å²) in [5, 5.41) is 18.2. The maximum Gasteiger partial charge on any atom is 0.419 e. The van der Waals surface area contributed by atoms with Crippen molar-refractivity contribution < 1.29 is 47.5 Å². The molecule has 2 rings (SSSR count). The second kappa shape index (κ2) is 13.5. The highest BCUT2D eigenvalue weighted by molar-refractivity contribution is 7.62. The topological polar surface area (TPSA) is 143 Å². The number of hydrogen-bond donors (Lipinski definition) is 2. The maximum atomic E-state index is 14.0. The molecule has 2 N–H and O–H groups in total. The lowest BCUT2D eigenvalue weighted by molar-refractivity contribution is -0.141. The molecular formula is C28H44FN2O9P. The van der Waals surface area contributed by atoms with Crippen molar-refractivity contribution in [3.8, 4) is 5.75 Å². The summed E-state index contributed by atoms with van der Waals surface area (Å²) in [5.41, 5.74) is -1.19. The van der Waals surface area contributed by atoms with Crippen molar-refractivity contribution in [2.45, 2.75) is 90.6 Å². The first kappa shape index (κ1) is 34.5. The van der Waals surface area contributed by atoms with Gasteiger partial charge >= 0.3 is 18.2 Å². The number of carboxylic acids is 1. The monoisotopic (exact) mass is 602 g/mol. The van der Waals surface area contributed by atoms with Gasteiger partial charge in [0.05, 0.1) is 6.61 Å². The number of aromatic hydroxyl groups is 1. The van der Waals surface area contributed by atoms with E-state index in [9.17, 15) is 33.6 Å². The minimum absolute atomic E-state index is 0.00432. The van der Waals surface area contributed by atoms with Crippen molar-refractivity contribution in [2.24, 2.45) is 0 Å². The van der Waals surface area contributed by atoms with Crippen LogP contribution in [0, 0.1) is 5.82 Å². The average Bonchev–Trinajstić information content (AvgIpc) is 2.81. The van der Waals surface area contributed by atoms with Crippen molar-refractivity contribution in [1.82, 2.24) is 9.80 Å². The fourth-order valence-electron chi connectivity index (χ4n) is 4.63. The third-order valence-electron chi connectivity index (χ3n) is 6.45. The first-order valence-corrected chi connectivity index (χ1v) is 15.5. The third-order valence-corrected chi connectivity index (χ3v) is 9.78. The Morgan fingerprint density at radius 2 is 1.66 bits per heavy atom. The first-order valence-electron chi connectivity index (χ1n) is 13.7. The lowest BCUT2D eigenvalue weighted by Gasteiger charge is -2.45. The Morgan fingerprint density at radius 3 is 2.15 bits per heavy atom. The van der Waals surface area contributed by atoms with Crippen LogP contribution in [0.5, 0.6) is 5.75 Å². The van der Waals surface area contributed by atoms with Crippen LogP contribution < -0.4 is 0 Å². The first-order chi connectivity index (χ1) is 18.8. The van der Waals surface area contributed by atoms with E-state index < -0.39 is 53.4 Å². The van der Waals surface area contributed by atoms with E-state index in [2.05, 4.69) is 0 Å². The molecule has 2 atom stereocenters. The molecule has 41 heavy (non-hydrogen) atoms. The predicted molar refractivity (Wildman–Crippen MR) is 151 cm³/mol. The molecule has 0 saturated carbocycles. The zero-order valence-electron chi connectivity index (χ0n) is 25.1. The summed E-state index contributed by atoms with van der Waals surface area (Å²) in [7, 11) is -3.68. The molecule has 1 aromatic carbocycles. The molecule has 2 amide bonds. The second-order valence-electron chi connectivity index (χ2n) is 12.2. The van der Waals surface area contributed by atoms with Gasteiger partial charge in [-0.1, -0.05) is 6.07 Å². The van der Waals surface area contributed by atoms with E-state index in [0.717, 1.165) is 4.90 Å². The number of rotatable bonds is 10. The number of carbonyl (C=O) groups is 3. The fourth-order valence-corrected chi connectivity index (χ4v) is 7.60. The number of amides is 2. The number of halogens is 1. The second-order valence-corrected chi connectivity index (χ2v) is 15.1. The Balaban J connectivity index is 2.24. The highest BCUT2D eigenvalue weighted by Gasteiger charge is 2.58. The molecule has 1 heterocycles. The highest BCUT2D eigenvalue weighted by Crippen LogP contribution is 2.63. The molecule has 0 radical (unpaired) electrons. The molecule has 1 aliphatic rings. The van der Waals surface area contributed by atoms with Crippen LogP contribution in [-0.2, 0) is 29.9 Å². The average molecular weight is 603 g/mol. The summed E-state index contributed by atoms with van der Waals surface area (Å²) in [6, 6.07) is 3.95. The fraction of sp³-hybridized carbons (Fsp3) is 0.679. The van der Waals surface area contributed by atoms with Crippen LogP contribution in [0.25, 0.3) is 0 Å². The number of ether oxygens (including phenoxy) is 2. The molecule has 0 aromatic heterocycles. The van der Waals surface area contributed by atoms with Gasteiger partial charge in [0.1, 0.15) is 11.2 Å². The Bertz CT molecular complexity index is 1120. The van der Waals surface area contributed by atoms with E-state index in [1.807, 2.05) is 0 Å². The predicted octanol–water partition coefficient (Wildman–Crippen LogP) is 5.83. The zero-order valence-corrected chi connectivity index (χ0v) is 26.0. The largest absolute Gasteiger partial charge is 0.505 e. The zero-order chi connectivity index (χ0) is 31.2. The van der Waals surface area contributed by atoms with Crippen LogP contribution in [0.1, 0.15) is 73.3 Å². The maximum absolute atomic E-state index is 14.0. The Labute approximate surface area is 241 Å². The standard InChI is InChI=1S/C28H44FN2O9P/c1-8-38-41(37)16-15-30(18-20-11-12-22(32)21(29)17-20)19-28(41,23(33)34)13-9-10-14-31(24(35)39-26(2,3)4)25(36)40-27(5,6)7/h11-12,17,32H,8-10,13-16,18-19H2,1-7H3,(H,33,34). The summed E-state index contributed by atoms with van der Waals surface area (Å²) in [6.07, 6.45) is -1.42. The molecule has 0 spiro atoms. The normalized spacial score (nSPS) is 21.8. The number of nitrogens with zero attached hydrogens (tertiary/aromatic N) is 2. The number of imide groups is 1. The number of aliphatic carboxylic acids is 1. The Hall–Kier alpha value is -2.69. The van der Waals surface area contributed by atoms with E-state index in [0.29, 0.717) is 5.56 Å². The van der Waals surface area contributed by atoms with Crippen molar-refractivity contribution in [3.63, 3.8) is 0 Å². The molecule has 0 bridgehead atoms. The van der Waals surface area contributed by atoms with Gasteiger partial charge in [0, 0.05) is 32.3 Å². The Morgan fingerprint density at radius 1 is 1.07 bits per heavy atom. The SMILES string of the molecule is CCOP1(=O)CCN(Cc2ccc(O)c(F)c2)CC1(CCCCN(C(=O)OC(C)(C)C)C(=O)OC(C)(C)C)C(=O)O. The molecule has 232 valence electrons. The Kier molecular flexibility index (Phi) is 11.4. The van der Waals surface area contributed by atoms with Crippen LogP contribution in [0.15, 0.2) is 18.2 Å². The van der Waals surface area contributed by atoms with Crippen LogP contribution in [0.4, 0.5) is 14.0 Å². The van der Waals surface area contributed by atoms with Crippen molar-refractivity contribution >= 4 is 25.5 Å². The van der Waals surface area contributed by atoms with Gasteiger partial charge in [-0.25, -0.2) is 18.9 Å². The number of hydrogen-bond acceptors (Lipinski definition) is 9. The molecule has 1 fully saturated rings. The number of phenolic OH excluding ortho intramolecular Hbond substituents is 1. The van der Waals surface area contributed by atoms with Gasteiger partial charge in [0.25, 0.3) is 0 Å². The number of benzene rings is 1. The highest BCUT2D eigenvalue weighted by atomic mass is 31.2. The summed E-state index contributed by atoms with van der Waals surface area (Å²) in [5.74, 6) is -2.55. The van der Waals surface area contributed by atoms with Gasteiger partial charge in [-0.05, 0) is 85.4 Å². The van der Waals surface area contributed by atoms with E-state index in [4.69, 9.17) is 14.0 Å². The van der Waals surface area contributed by atoms with Crippen LogP contribution in [-0.4, -0.2) is 86.9 Å². The lowest BCUT2D eigenvalue weighted by Crippen LogP contribution is -2.54.